The Labute approximate surface area is 654 Å². The molecule has 22 N–H and O–H groups in total. The van der Waals surface area contributed by atoms with Gasteiger partial charge in [-0.2, -0.15) is 0 Å². The van der Waals surface area contributed by atoms with Gasteiger partial charge in [-0.1, -0.05) is 151 Å². The van der Waals surface area contributed by atoms with Gasteiger partial charge in [0.2, 0.25) is 70.9 Å². The number of aromatic nitrogens is 1. The summed E-state index contributed by atoms with van der Waals surface area (Å²) in [5.74, 6) is -15.7. The zero-order valence-corrected chi connectivity index (χ0v) is 63.7. The van der Waals surface area contributed by atoms with Gasteiger partial charge >= 0.3 is 5.97 Å². The molecule has 8 rings (SSSR count). The van der Waals surface area contributed by atoms with Gasteiger partial charge in [0.1, 0.15) is 72.2 Å². The summed E-state index contributed by atoms with van der Waals surface area (Å²) >= 11 is 0. The highest BCUT2D eigenvalue weighted by Crippen LogP contribution is 2.25. The molecule has 0 radical (unpaired) electrons. The Balaban J connectivity index is 1.26. The predicted octanol–water partition coefficient (Wildman–Crippen LogP) is -1.95. The van der Waals surface area contributed by atoms with Crippen LogP contribution in [0.25, 0.3) is 10.9 Å². The van der Waals surface area contributed by atoms with Gasteiger partial charge in [0.05, 0.1) is 25.2 Å². The van der Waals surface area contributed by atoms with Crippen molar-refractivity contribution in [3.8, 4) is 5.75 Å². The van der Waals surface area contributed by atoms with Gasteiger partial charge in [0, 0.05) is 73.4 Å². The number of aromatic hydroxyl groups is 1. The van der Waals surface area contributed by atoms with E-state index in [4.69, 9.17) is 11.5 Å². The summed E-state index contributed by atoms with van der Waals surface area (Å²) in [7, 11) is 1.65. The van der Waals surface area contributed by atoms with Crippen molar-refractivity contribution in [3.05, 3.63) is 173 Å². The lowest BCUT2D eigenvalue weighted by atomic mass is 10.00. The Morgan fingerprint density at radius 3 is 1.62 bits per heavy atom. The van der Waals surface area contributed by atoms with Gasteiger partial charge in [-0.15, -0.1) is 0 Å². The number of phenolic OH excluding ortho intramolecular Hbond substituents is 1. The number of carbonyl (C=O) groups is 13. The zero-order chi connectivity index (χ0) is 81.0. The molecule has 35 heteroatoms. The summed E-state index contributed by atoms with van der Waals surface area (Å²) in [6.07, 6.45) is -2.16. The number of H-pyrrole nitrogens is 1. The minimum atomic E-state index is -2.06. The van der Waals surface area contributed by atoms with Gasteiger partial charge in [-0.25, -0.2) is 4.79 Å². The molecule has 1 aromatic heterocycles. The monoisotopic (exact) mass is 1580 g/mol. The van der Waals surface area contributed by atoms with Crippen molar-refractivity contribution in [1.82, 2.24) is 74.1 Å². The highest BCUT2D eigenvalue weighted by atomic mass is 33.1. The number of hydrogen-bond donors (Lipinski definition) is 20. The van der Waals surface area contributed by atoms with Gasteiger partial charge in [-0.3, -0.25) is 57.5 Å². The molecule has 3 heterocycles. The second kappa shape index (κ2) is 43.0. The third-order valence-corrected chi connectivity index (χ3v) is 20.9. The van der Waals surface area contributed by atoms with Crippen LogP contribution in [0.1, 0.15) is 79.8 Å². The number of aliphatic carboxylic acids is 1. The number of rotatable bonds is 22. The number of carboxylic acid groups (broad SMARTS) is 1. The van der Waals surface area contributed by atoms with Crippen LogP contribution in [0, 0.1) is 0 Å². The smallest absolute Gasteiger partial charge is 0.327 e. The van der Waals surface area contributed by atoms with Crippen molar-refractivity contribution in [1.29, 1.82) is 0 Å². The maximum atomic E-state index is 15.6. The molecule has 0 unspecified atom stereocenters. The van der Waals surface area contributed by atoms with E-state index in [1.54, 1.807) is 115 Å². The molecule has 2 saturated heterocycles. The first-order chi connectivity index (χ1) is 53.6. The number of carbonyl (C=O) groups excluding carboxylic acids is 12. The fourth-order valence-electron chi connectivity index (χ4n) is 12.2. The average Bonchev–Trinajstić information content (AvgIpc) is 1.66. The van der Waals surface area contributed by atoms with E-state index in [2.05, 4.69) is 74.1 Å². The summed E-state index contributed by atoms with van der Waals surface area (Å²) in [5, 5.41) is 77.1. The van der Waals surface area contributed by atoms with Crippen molar-refractivity contribution < 1.29 is 82.8 Å². The molecule has 33 nitrogen and oxygen atoms in total. The van der Waals surface area contributed by atoms with Crippen LogP contribution in [0.3, 0.4) is 0 Å². The van der Waals surface area contributed by atoms with E-state index in [1.807, 2.05) is 13.8 Å². The third kappa shape index (κ3) is 26.6. The summed E-state index contributed by atoms with van der Waals surface area (Å²) in [6.45, 7) is 3.60. The number of unbranched alkanes of at least 4 members (excludes halogenated alkanes) is 1. The van der Waals surface area contributed by atoms with E-state index in [9.17, 15) is 54.0 Å². The van der Waals surface area contributed by atoms with Crippen molar-refractivity contribution in [3.63, 3.8) is 0 Å². The number of phenols is 1. The molecule has 12 amide bonds. The van der Waals surface area contributed by atoms with E-state index in [1.165, 1.54) is 31.2 Å². The fourth-order valence-corrected chi connectivity index (χ4v) is 14.5. The van der Waals surface area contributed by atoms with E-state index in [0.29, 0.717) is 51.7 Å². The van der Waals surface area contributed by atoms with Crippen LogP contribution in [-0.2, 0) is 101 Å². The molecular formula is C77H98N16O17S2. The molecule has 0 aliphatic carbocycles. The number of aromatic amines is 1. The first kappa shape index (κ1) is 86.6. The maximum Gasteiger partial charge on any atom is 0.327 e. The number of para-hydroxylation sites is 1. The minimum absolute atomic E-state index is 0.0545. The SMILES string of the molecule is CC(C)NCc1ccc(C[C@@H]2NC(=O)[C@H](Cc3c[nH]c4ccccc34)NC(=O)[C@H]3CC(=O)NC[C@H](NC(=O)[C@H](Cc4ccccc4)NC(=O)[C@@H]([C@@H](C)O)NC2=O)C(=O)N[C@@H](CO)C(=O)N[C@H](C(=O)O)CSSC[C@@H](NC(=O)[C@@H](N)Cc2ccc(O)cc2)C(=O)N[C@H](CCCCN)C(=O)N[C@H](Cc2ccccc2)C(=O)N3)cc1. The topological polar surface area (TPSA) is 527 Å². The molecule has 0 saturated carbocycles. The molecule has 600 valence electrons. The van der Waals surface area contributed by atoms with Crippen LogP contribution in [0.2, 0.25) is 0 Å². The fraction of sp³-hybridized carbons (Fsp3) is 0.416. The first-order valence-electron chi connectivity index (χ1n) is 36.7. The molecule has 5 aromatic carbocycles. The average molecular weight is 1580 g/mol. The summed E-state index contributed by atoms with van der Waals surface area (Å²) < 4.78 is 0. The molecule has 2 fully saturated rings. The van der Waals surface area contributed by atoms with Crippen LogP contribution >= 0.6 is 21.6 Å². The number of nitrogens with two attached hydrogens (primary N) is 2. The Hall–Kier alpha value is -11.0. The van der Waals surface area contributed by atoms with Crippen molar-refractivity contribution in [2.24, 2.45) is 11.5 Å². The maximum absolute atomic E-state index is 15.6. The summed E-state index contributed by atoms with van der Waals surface area (Å²) in [4.78, 5) is 195. The zero-order valence-electron chi connectivity index (χ0n) is 62.0. The molecule has 13 atom stereocenters. The molecule has 2 aliphatic heterocycles. The second-order valence-electron chi connectivity index (χ2n) is 27.7. The number of carboxylic acids is 1. The van der Waals surface area contributed by atoms with Gasteiger partial charge in [0.25, 0.3) is 0 Å². The molecule has 0 spiro atoms. The van der Waals surface area contributed by atoms with Gasteiger partial charge in [-0.05, 0) is 90.7 Å². The van der Waals surface area contributed by atoms with E-state index >= 15 is 28.8 Å². The van der Waals surface area contributed by atoms with E-state index < -0.39 is 181 Å². The minimum Gasteiger partial charge on any atom is -0.508 e. The van der Waals surface area contributed by atoms with Gasteiger partial charge in [0.15, 0.2) is 0 Å². The van der Waals surface area contributed by atoms with Crippen LogP contribution in [0.4, 0.5) is 0 Å². The summed E-state index contributed by atoms with van der Waals surface area (Å²) in [6, 6.07) is 15.4. The second-order valence-corrected chi connectivity index (χ2v) is 30.2. The van der Waals surface area contributed by atoms with Crippen LogP contribution < -0.4 is 80.6 Å². The highest BCUT2D eigenvalue weighted by molar-refractivity contribution is 8.76. The quantitative estimate of drug-likeness (QED) is 0.0259. The van der Waals surface area contributed by atoms with Crippen LogP contribution in [-0.4, -0.2) is 218 Å². The number of aliphatic hydroxyl groups excluding tert-OH is 2. The lowest BCUT2D eigenvalue weighted by Gasteiger charge is -2.30. The Kier molecular flexibility index (Phi) is 33.3. The van der Waals surface area contributed by atoms with Crippen molar-refractivity contribution in [2.45, 2.75) is 170 Å². The molecule has 2 bridgehead atoms. The highest BCUT2D eigenvalue weighted by Gasteiger charge is 2.40. The van der Waals surface area contributed by atoms with Crippen LogP contribution in [0.5, 0.6) is 5.75 Å². The van der Waals surface area contributed by atoms with E-state index in [-0.39, 0.29) is 69.0 Å². The van der Waals surface area contributed by atoms with Crippen molar-refractivity contribution in [2.75, 3.05) is 31.2 Å². The molecule has 2 aliphatic rings. The normalized spacial score (nSPS) is 23.5. The Morgan fingerprint density at radius 1 is 0.527 bits per heavy atom. The largest absolute Gasteiger partial charge is 0.508 e. The lowest BCUT2D eigenvalue weighted by molar-refractivity contribution is -0.142. The molecular weight excluding hydrogens is 1490 g/mol. The van der Waals surface area contributed by atoms with Gasteiger partial charge < -0.3 is 106 Å². The standard InChI is InChI=1S/C77H98N16O17S2/c1-42(2)80-36-48-23-21-47(22-24-48)33-57-72(104)93-65(43(3)95)76(108)88-56(32-45-16-8-5-9-17-45)69(101)89-60-38-82-64(97)35-59(71(103)86-58(70(102)85-57)34-49-37-81-53-19-11-10-18-51(49)53)87-68(100)55(31-44-14-6-4-7-15-44)84-67(99)54(20-12-13-29-78)83-75(107)62(91-66(98)52(79)30-46-25-27-50(96)28-26-46)40-111-112-41-63(77(109)110)92-74(106)61(39-94)90-73(60)105/h4-11,14-19,21-28,37,42-43,52,54-63,65,80-81,94-96H,12-13,20,29-36,38-41,78-79H2,1-3H3,(H,82,97)(H,83,107)(H,84,99)(H,85,102)(H,86,103)(H,87,100)(H,88,108)(H,89,101)(H,90,105)(H,91,98)(H,92,106)(H,93,104)(H,109,110)/t43-,52+,54-,55-,56+,57+,58+,59-,60+,61+,62-,63+,65-/m1/s1. The van der Waals surface area contributed by atoms with Crippen molar-refractivity contribution >= 4 is 109 Å². The Morgan fingerprint density at radius 2 is 1.02 bits per heavy atom. The Bertz CT molecular complexity index is 4240. The number of amides is 12. The number of benzene rings is 5. The predicted molar refractivity (Wildman–Crippen MR) is 417 cm³/mol. The third-order valence-electron chi connectivity index (χ3n) is 18.5. The van der Waals surface area contributed by atoms with E-state index in [0.717, 1.165) is 27.2 Å². The first-order valence-corrected chi connectivity index (χ1v) is 39.2. The number of aliphatic hydroxyl groups is 2. The number of nitrogens with one attached hydrogen (secondary N) is 14. The van der Waals surface area contributed by atoms with Crippen LogP contribution in [0.15, 0.2) is 140 Å². The molecule has 6 aromatic rings. The summed E-state index contributed by atoms with van der Waals surface area (Å²) in [5.41, 5.74) is 16.1. The lowest BCUT2D eigenvalue weighted by Crippen LogP contribution is -2.64. The number of fused-ring (bicyclic) bond motifs is 6. The molecule has 112 heavy (non-hydrogen) atoms. The number of hydrogen-bond acceptors (Lipinski definition) is 21.